The van der Waals surface area contributed by atoms with Crippen molar-refractivity contribution in [1.82, 2.24) is 14.5 Å². The number of nitrogens with zero attached hydrogens (tertiary/aromatic N) is 3. The van der Waals surface area contributed by atoms with Crippen molar-refractivity contribution >= 4 is 39.5 Å². The van der Waals surface area contributed by atoms with Crippen LogP contribution in [0.5, 0.6) is 0 Å². The van der Waals surface area contributed by atoms with E-state index in [1.807, 2.05) is 30.3 Å². The Hall–Kier alpha value is -3.94. The van der Waals surface area contributed by atoms with Crippen LogP contribution in [-0.4, -0.2) is 38.1 Å². The molecule has 34 heavy (non-hydrogen) atoms. The van der Waals surface area contributed by atoms with E-state index < -0.39 is 23.7 Å². The van der Waals surface area contributed by atoms with Gasteiger partial charge in [-0.25, -0.2) is 9.78 Å². The summed E-state index contributed by atoms with van der Waals surface area (Å²) in [6, 6.07) is 13.0. The molecule has 0 spiro atoms. The fourth-order valence-corrected chi connectivity index (χ4v) is 4.55. The first-order valence-electron chi connectivity index (χ1n) is 11.3. The molecule has 0 radical (unpaired) electrons. The van der Waals surface area contributed by atoms with E-state index in [0.29, 0.717) is 23.1 Å². The summed E-state index contributed by atoms with van der Waals surface area (Å²) in [7, 11) is 0. The van der Waals surface area contributed by atoms with Crippen molar-refractivity contribution in [3.8, 4) is 0 Å². The molecule has 2 atom stereocenters. The number of H-pyrrole nitrogens is 1. The number of ether oxygens (including phenoxy) is 1. The molecule has 0 aliphatic carbocycles. The van der Waals surface area contributed by atoms with Gasteiger partial charge in [-0.15, -0.1) is 0 Å². The van der Waals surface area contributed by atoms with Gasteiger partial charge in [-0.3, -0.25) is 19.1 Å². The van der Waals surface area contributed by atoms with Gasteiger partial charge in [0.15, 0.2) is 0 Å². The lowest BCUT2D eigenvalue weighted by Gasteiger charge is -2.36. The molecule has 5 rings (SSSR count). The number of anilines is 1. The molecule has 2 aromatic heterocycles. The first-order valence-corrected chi connectivity index (χ1v) is 11.3. The molecule has 2 aromatic carbocycles. The van der Waals surface area contributed by atoms with Gasteiger partial charge in [-0.1, -0.05) is 30.3 Å². The molecule has 174 valence electrons. The molecule has 0 saturated heterocycles. The fraction of sp³-hybridized carbons (Fsp3) is 0.308. The summed E-state index contributed by atoms with van der Waals surface area (Å²) in [6.07, 6.45) is 1.72. The molecule has 0 bridgehead atoms. The summed E-state index contributed by atoms with van der Waals surface area (Å²) in [6.45, 7) is 7.00. The van der Waals surface area contributed by atoms with Gasteiger partial charge in [-0.05, 0) is 45.9 Å². The second-order valence-electron chi connectivity index (χ2n) is 9.61. The largest absolute Gasteiger partial charge is 0.458 e. The molecule has 0 unspecified atom stereocenters. The van der Waals surface area contributed by atoms with Crippen LogP contribution in [0, 0.1) is 0 Å². The number of esters is 1. The zero-order valence-corrected chi connectivity index (χ0v) is 19.5. The highest BCUT2D eigenvalue weighted by Gasteiger charge is 2.42. The molecule has 0 saturated carbocycles. The maximum Gasteiger partial charge on any atom is 0.329 e. The molecule has 1 aliphatic heterocycles. The number of benzene rings is 2. The predicted molar refractivity (Wildman–Crippen MR) is 130 cm³/mol. The van der Waals surface area contributed by atoms with E-state index in [4.69, 9.17) is 4.74 Å². The Balaban J connectivity index is 1.67. The Morgan fingerprint density at radius 3 is 2.50 bits per heavy atom. The molecule has 3 heterocycles. The molecule has 4 aromatic rings. The summed E-state index contributed by atoms with van der Waals surface area (Å²) < 4.78 is 6.96. The number of rotatable bonds is 3. The van der Waals surface area contributed by atoms with Crippen LogP contribution in [0.1, 0.15) is 39.3 Å². The zero-order valence-electron chi connectivity index (χ0n) is 19.5. The normalized spacial score (nSPS) is 17.1. The van der Waals surface area contributed by atoms with Crippen LogP contribution in [0.25, 0.3) is 21.8 Å². The summed E-state index contributed by atoms with van der Waals surface area (Å²) in [4.78, 5) is 49.4. The first kappa shape index (κ1) is 21.9. The minimum absolute atomic E-state index is 0.294. The van der Waals surface area contributed by atoms with Crippen LogP contribution in [0.2, 0.25) is 0 Å². The van der Waals surface area contributed by atoms with E-state index in [0.717, 1.165) is 16.5 Å². The summed E-state index contributed by atoms with van der Waals surface area (Å²) in [5, 5.41) is 1.38. The second kappa shape index (κ2) is 7.83. The number of aromatic amines is 1. The van der Waals surface area contributed by atoms with Gasteiger partial charge in [0.2, 0.25) is 0 Å². The monoisotopic (exact) mass is 458 g/mol. The highest BCUT2D eigenvalue weighted by Crippen LogP contribution is 2.38. The van der Waals surface area contributed by atoms with Crippen LogP contribution in [0.4, 0.5) is 5.82 Å². The average Bonchev–Trinajstić information content (AvgIpc) is 3.16. The van der Waals surface area contributed by atoms with Crippen LogP contribution in [0.3, 0.4) is 0 Å². The SMILES string of the molecule is C[C@@H](C(=O)OC(C)(C)C)N1C(=O)[C@H](n2cnc3ccccc3c2=O)Cc2c1[nH]c1ccccc21. The van der Waals surface area contributed by atoms with Crippen molar-refractivity contribution in [2.24, 2.45) is 0 Å². The first-order chi connectivity index (χ1) is 16.2. The van der Waals surface area contributed by atoms with Crippen molar-refractivity contribution < 1.29 is 14.3 Å². The van der Waals surface area contributed by atoms with E-state index in [1.165, 1.54) is 15.8 Å². The number of carbonyl (C=O) groups excluding carboxylic acids is 2. The topological polar surface area (TPSA) is 97.3 Å². The van der Waals surface area contributed by atoms with Gasteiger partial charge in [-0.2, -0.15) is 0 Å². The number of aromatic nitrogens is 3. The van der Waals surface area contributed by atoms with Gasteiger partial charge >= 0.3 is 5.97 Å². The Bertz CT molecular complexity index is 1490. The average molecular weight is 459 g/mol. The Kier molecular flexibility index (Phi) is 5.04. The number of nitrogens with one attached hydrogen (secondary N) is 1. The van der Waals surface area contributed by atoms with E-state index in [2.05, 4.69) is 9.97 Å². The fourth-order valence-electron chi connectivity index (χ4n) is 4.55. The van der Waals surface area contributed by atoms with E-state index >= 15 is 0 Å². The number of amides is 1. The Labute approximate surface area is 196 Å². The lowest BCUT2D eigenvalue weighted by atomic mass is 9.97. The number of hydrogen-bond donors (Lipinski definition) is 1. The number of carbonyl (C=O) groups is 2. The highest BCUT2D eigenvalue weighted by molar-refractivity contribution is 6.06. The summed E-state index contributed by atoms with van der Waals surface area (Å²) >= 11 is 0. The van der Waals surface area contributed by atoms with Gasteiger partial charge < -0.3 is 9.72 Å². The molecule has 1 amide bonds. The lowest BCUT2D eigenvalue weighted by Crippen LogP contribution is -2.52. The van der Waals surface area contributed by atoms with Crippen LogP contribution >= 0.6 is 0 Å². The van der Waals surface area contributed by atoms with Crippen molar-refractivity contribution in [2.45, 2.75) is 51.8 Å². The molecule has 1 aliphatic rings. The van der Waals surface area contributed by atoms with E-state index in [1.54, 1.807) is 45.9 Å². The standard InChI is InChI=1S/C26H26N4O4/c1-15(25(33)34-26(2,3)4)30-22-18(16-9-5-8-12-20(16)28-22)13-21(24(30)32)29-14-27-19-11-7-6-10-17(19)23(29)31/h5-12,14-15,21,28H,13H2,1-4H3/t15-,21+/m0/s1. The minimum atomic E-state index is -0.898. The number of fused-ring (bicyclic) bond motifs is 4. The van der Waals surface area contributed by atoms with E-state index in [-0.39, 0.29) is 11.5 Å². The highest BCUT2D eigenvalue weighted by atomic mass is 16.6. The molecular formula is C26H26N4O4. The molecule has 1 N–H and O–H groups in total. The molecular weight excluding hydrogens is 432 g/mol. The van der Waals surface area contributed by atoms with Gasteiger partial charge in [0.25, 0.3) is 11.5 Å². The summed E-state index contributed by atoms with van der Waals surface area (Å²) in [5.74, 6) is -0.325. The quantitative estimate of drug-likeness (QED) is 0.472. The van der Waals surface area contributed by atoms with Crippen molar-refractivity contribution in [3.05, 3.63) is 70.8 Å². The van der Waals surface area contributed by atoms with Gasteiger partial charge in [0.05, 0.1) is 17.2 Å². The third-order valence-corrected chi connectivity index (χ3v) is 6.11. The van der Waals surface area contributed by atoms with Gasteiger partial charge in [0.1, 0.15) is 23.5 Å². The third-order valence-electron chi connectivity index (χ3n) is 6.11. The summed E-state index contributed by atoms with van der Waals surface area (Å²) in [5.41, 5.74) is 1.30. The van der Waals surface area contributed by atoms with Crippen LogP contribution in [0.15, 0.2) is 59.7 Å². The molecule has 0 fully saturated rings. The smallest absolute Gasteiger partial charge is 0.329 e. The van der Waals surface area contributed by atoms with Crippen molar-refractivity contribution in [2.75, 3.05) is 4.90 Å². The molecule has 8 nitrogen and oxygen atoms in total. The predicted octanol–water partition coefficient (Wildman–Crippen LogP) is 3.74. The third kappa shape index (κ3) is 3.55. The number of hydrogen-bond acceptors (Lipinski definition) is 5. The minimum Gasteiger partial charge on any atom is -0.458 e. The van der Waals surface area contributed by atoms with Crippen LogP contribution < -0.4 is 10.5 Å². The van der Waals surface area contributed by atoms with Crippen molar-refractivity contribution in [3.63, 3.8) is 0 Å². The maximum absolute atomic E-state index is 13.9. The lowest BCUT2D eigenvalue weighted by molar-refractivity contribution is -0.157. The van der Waals surface area contributed by atoms with Crippen LogP contribution in [-0.2, 0) is 20.7 Å². The maximum atomic E-state index is 13.9. The van der Waals surface area contributed by atoms with E-state index in [9.17, 15) is 14.4 Å². The van der Waals surface area contributed by atoms with Crippen molar-refractivity contribution in [1.29, 1.82) is 0 Å². The zero-order chi connectivity index (χ0) is 24.2. The Morgan fingerprint density at radius 2 is 1.76 bits per heavy atom. The second-order valence-corrected chi connectivity index (χ2v) is 9.61. The number of para-hydroxylation sites is 2. The Morgan fingerprint density at radius 1 is 1.09 bits per heavy atom. The van der Waals surface area contributed by atoms with Gasteiger partial charge in [0, 0.05) is 22.9 Å². The molecule has 8 heteroatoms.